The molecule has 70 valence electrons. The van der Waals surface area contributed by atoms with Gasteiger partial charge in [0.2, 0.25) is 0 Å². The van der Waals surface area contributed by atoms with E-state index in [1.165, 1.54) is 12.0 Å². The van der Waals surface area contributed by atoms with Gasteiger partial charge in [0.1, 0.15) is 0 Å². The molecule has 1 saturated carbocycles. The largest absolute Gasteiger partial charge is 0.310 e. The van der Waals surface area contributed by atoms with E-state index >= 15 is 0 Å². The maximum absolute atomic E-state index is 4.11. The standard InChI is InChI=1S/C10H13BrN2/c1-7-2-10(7)13-5-8-3-9(11)6-12-4-8/h3-4,6-7,10,13H,2,5H2,1H3. The van der Waals surface area contributed by atoms with Crippen molar-refractivity contribution in [2.45, 2.75) is 25.9 Å². The van der Waals surface area contributed by atoms with Crippen LogP contribution in [-0.4, -0.2) is 11.0 Å². The van der Waals surface area contributed by atoms with Crippen molar-refractivity contribution in [3.63, 3.8) is 0 Å². The highest BCUT2D eigenvalue weighted by molar-refractivity contribution is 9.10. The van der Waals surface area contributed by atoms with Crippen LogP contribution in [0.2, 0.25) is 0 Å². The summed E-state index contributed by atoms with van der Waals surface area (Å²) >= 11 is 3.41. The molecule has 1 aromatic rings. The first kappa shape index (κ1) is 9.16. The average Bonchev–Trinajstić information content (AvgIpc) is 2.79. The van der Waals surface area contributed by atoms with Crippen LogP contribution >= 0.6 is 15.9 Å². The highest BCUT2D eigenvalue weighted by atomic mass is 79.9. The second-order valence-electron chi connectivity index (χ2n) is 3.71. The number of hydrogen-bond acceptors (Lipinski definition) is 2. The van der Waals surface area contributed by atoms with E-state index in [-0.39, 0.29) is 0 Å². The van der Waals surface area contributed by atoms with Crippen LogP contribution in [0.3, 0.4) is 0 Å². The van der Waals surface area contributed by atoms with Crippen molar-refractivity contribution >= 4 is 15.9 Å². The summed E-state index contributed by atoms with van der Waals surface area (Å²) in [6.07, 6.45) is 5.04. The minimum atomic E-state index is 0.735. The number of nitrogens with zero attached hydrogens (tertiary/aromatic N) is 1. The molecule has 2 rings (SSSR count). The number of pyridine rings is 1. The summed E-state index contributed by atoms with van der Waals surface area (Å²) in [5.74, 6) is 0.861. The SMILES string of the molecule is CC1CC1NCc1cncc(Br)c1. The zero-order chi connectivity index (χ0) is 9.26. The maximum atomic E-state index is 4.11. The van der Waals surface area contributed by atoms with Gasteiger partial charge in [-0.2, -0.15) is 0 Å². The number of rotatable bonds is 3. The Balaban J connectivity index is 1.87. The predicted molar refractivity (Wildman–Crippen MR) is 56.3 cm³/mol. The summed E-state index contributed by atoms with van der Waals surface area (Å²) in [4.78, 5) is 4.11. The molecule has 2 unspecified atom stereocenters. The molecule has 1 heterocycles. The Hall–Kier alpha value is -0.410. The molecule has 0 amide bonds. The second-order valence-corrected chi connectivity index (χ2v) is 4.63. The normalized spacial score (nSPS) is 26.0. The summed E-state index contributed by atoms with van der Waals surface area (Å²) in [6, 6.07) is 2.84. The Morgan fingerprint density at radius 2 is 2.38 bits per heavy atom. The lowest BCUT2D eigenvalue weighted by atomic mass is 10.3. The molecule has 0 spiro atoms. The molecule has 0 aromatic carbocycles. The Labute approximate surface area is 86.9 Å². The van der Waals surface area contributed by atoms with Crippen LogP contribution in [0, 0.1) is 5.92 Å². The second kappa shape index (κ2) is 3.76. The molecule has 2 atom stereocenters. The third-order valence-corrected chi connectivity index (χ3v) is 2.87. The molecule has 2 nitrogen and oxygen atoms in total. The number of halogens is 1. The molecular formula is C10H13BrN2. The zero-order valence-corrected chi connectivity index (χ0v) is 9.21. The van der Waals surface area contributed by atoms with Crippen molar-refractivity contribution in [2.24, 2.45) is 5.92 Å². The first-order chi connectivity index (χ1) is 6.25. The van der Waals surface area contributed by atoms with Crippen molar-refractivity contribution < 1.29 is 0 Å². The molecule has 1 fully saturated rings. The van der Waals surface area contributed by atoms with Gasteiger partial charge in [0.15, 0.2) is 0 Å². The van der Waals surface area contributed by atoms with E-state index < -0.39 is 0 Å². The third-order valence-electron chi connectivity index (χ3n) is 2.44. The molecule has 1 aromatic heterocycles. The van der Waals surface area contributed by atoms with Gasteiger partial charge in [0.05, 0.1) is 0 Å². The minimum Gasteiger partial charge on any atom is -0.310 e. The molecule has 0 radical (unpaired) electrons. The van der Waals surface area contributed by atoms with Gasteiger partial charge in [-0.3, -0.25) is 4.98 Å². The quantitative estimate of drug-likeness (QED) is 0.878. The fourth-order valence-corrected chi connectivity index (χ4v) is 1.82. The molecule has 0 bridgehead atoms. The lowest BCUT2D eigenvalue weighted by Gasteiger charge is -2.02. The van der Waals surface area contributed by atoms with Crippen LogP contribution in [0.4, 0.5) is 0 Å². The van der Waals surface area contributed by atoms with Crippen molar-refractivity contribution in [3.05, 3.63) is 28.5 Å². The van der Waals surface area contributed by atoms with E-state index in [1.807, 2.05) is 12.4 Å². The topological polar surface area (TPSA) is 24.9 Å². The Morgan fingerprint density at radius 1 is 1.62 bits per heavy atom. The van der Waals surface area contributed by atoms with Gasteiger partial charge in [-0.1, -0.05) is 6.92 Å². The van der Waals surface area contributed by atoms with E-state index in [2.05, 4.69) is 39.2 Å². The number of nitrogens with one attached hydrogen (secondary N) is 1. The fourth-order valence-electron chi connectivity index (χ4n) is 1.41. The smallest absolute Gasteiger partial charge is 0.0410 e. The van der Waals surface area contributed by atoms with Gasteiger partial charge >= 0.3 is 0 Å². The predicted octanol–water partition coefficient (Wildman–Crippen LogP) is 2.34. The van der Waals surface area contributed by atoms with Crippen molar-refractivity contribution in [1.29, 1.82) is 0 Å². The monoisotopic (exact) mass is 240 g/mol. The van der Waals surface area contributed by atoms with Crippen LogP contribution in [0.1, 0.15) is 18.9 Å². The van der Waals surface area contributed by atoms with Gasteiger partial charge in [-0.25, -0.2) is 0 Å². The first-order valence-corrected chi connectivity index (χ1v) is 5.38. The molecule has 0 aliphatic heterocycles. The summed E-state index contributed by atoms with van der Waals surface area (Å²) in [5.41, 5.74) is 1.24. The molecule has 0 saturated heterocycles. The molecule has 13 heavy (non-hydrogen) atoms. The summed E-state index contributed by atoms with van der Waals surface area (Å²) in [7, 11) is 0. The average molecular weight is 241 g/mol. The summed E-state index contributed by atoms with van der Waals surface area (Å²) < 4.78 is 1.05. The molecule has 1 aliphatic carbocycles. The number of hydrogen-bond donors (Lipinski definition) is 1. The fraction of sp³-hybridized carbons (Fsp3) is 0.500. The Morgan fingerprint density at radius 3 is 3.00 bits per heavy atom. The van der Waals surface area contributed by atoms with Crippen molar-refractivity contribution in [2.75, 3.05) is 0 Å². The van der Waals surface area contributed by atoms with Crippen LogP contribution in [0.5, 0.6) is 0 Å². The molecule has 1 N–H and O–H groups in total. The Kier molecular flexibility index (Phi) is 2.65. The van der Waals surface area contributed by atoms with Crippen LogP contribution in [0.15, 0.2) is 22.9 Å². The van der Waals surface area contributed by atoms with Crippen LogP contribution in [-0.2, 0) is 6.54 Å². The molecule has 1 aliphatic rings. The van der Waals surface area contributed by atoms with Crippen molar-refractivity contribution in [3.8, 4) is 0 Å². The van der Waals surface area contributed by atoms with E-state index in [0.29, 0.717) is 0 Å². The Bertz CT molecular complexity index is 301. The maximum Gasteiger partial charge on any atom is 0.0410 e. The van der Waals surface area contributed by atoms with Crippen LogP contribution in [0.25, 0.3) is 0 Å². The van der Waals surface area contributed by atoms with E-state index in [9.17, 15) is 0 Å². The zero-order valence-electron chi connectivity index (χ0n) is 7.63. The number of aromatic nitrogens is 1. The lowest BCUT2D eigenvalue weighted by Crippen LogP contribution is -2.17. The van der Waals surface area contributed by atoms with Crippen LogP contribution < -0.4 is 5.32 Å². The van der Waals surface area contributed by atoms with Gasteiger partial charge < -0.3 is 5.32 Å². The molecule has 3 heteroatoms. The van der Waals surface area contributed by atoms with Gasteiger partial charge in [0, 0.05) is 29.5 Å². The highest BCUT2D eigenvalue weighted by Crippen LogP contribution is 2.29. The van der Waals surface area contributed by atoms with E-state index in [4.69, 9.17) is 0 Å². The van der Waals surface area contributed by atoms with E-state index in [1.54, 1.807) is 0 Å². The highest BCUT2D eigenvalue weighted by Gasteiger charge is 2.31. The lowest BCUT2D eigenvalue weighted by molar-refractivity contribution is 0.651. The van der Waals surface area contributed by atoms with Gasteiger partial charge in [-0.15, -0.1) is 0 Å². The third kappa shape index (κ3) is 2.51. The molecular weight excluding hydrogens is 228 g/mol. The van der Waals surface area contributed by atoms with Gasteiger partial charge in [-0.05, 0) is 39.9 Å². The van der Waals surface area contributed by atoms with Gasteiger partial charge in [0.25, 0.3) is 0 Å². The first-order valence-electron chi connectivity index (χ1n) is 4.58. The summed E-state index contributed by atoms with van der Waals surface area (Å²) in [6.45, 7) is 3.21. The summed E-state index contributed by atoms with van der Waals surface area (Å²) in [5, 5.41) is 3.49. The minimum absolute atomic E-state index is 0.735. The van der Waals surface area contributed by atoms with E-state index in [0.717, 1.165) is 23.0 Å². The van der Waals surface area contributed by atoms with Crippen molar-refractivity contribution in [1.82, 2.24) is 10.3 Å².